The molecule has 0 saturated heterocycles. The van der Waals surface area contributed by atoms with E-state index in [-0.39, 0.29) is 71.3 Å². The first-order valence-corrected chi connectivity index (χ1v) is 2.49. The van der Waals surface area contributed by atoms with Crippen molar-refractivity contribution in [3.8, 4) is 0 Å². The Kier molecular flexibility index (Phi) is 302. The van der Waals surface area contributed by atoms with Gasteiger partial charge in [-0.3, -0.25) is 9.78 Å². The Bertz CT molecular complexity index is 322. The summed E-state index contributed by atoms with van der Waals surface area (Å²) in [6.45, 7) is 1.62. The number of hydrogen-bond donors (Lipinski definition) is 2. The van der Waals surface area contributed by atoms with Crippen LogP contribution >= 0.6 is 0 Å². The van der Waals surface area contributed by atoms with Gasteiger partial charge in [-0.25, -0.2) is 4.79 Å². The molecule has 26 N–H and O–H groups in total. The highest BCUT2D eigenvalue weighted by Gasteiger charge is 1.88. The number of aromatic nitrogens is 2. The molecule has 1 rings (SSSR count). The molecule has 144 valence electrons. The fourth-order valence-electron chi connectivity index (χ4n) is 0.477. The Labute approximate surface area is 116 Å². The number of aryl methyl sites for hydroxylation is 1. The quantitative estimate of drug-likeness (QED) is 0.463. The Morgan fingerprint density at radius 2 is 0.952 bits per heavy atom. The van der Waals surface area contributed by atoms with Crippen molar-refractivity contribution in [3.63, 3.8) is 0 Å². The van der Waals surface area contributed by atoms with Crippen molar-refractivity contribution in [2.45, 2.75) is 6.92 Å². The van der Waals surface area contributed by atoms with Crippen LogP contribution in [0.3, 0.4) is 0 Å². The van der Waals surface area contributed by atoms with E-state index in [2.05, 4.69) is 9.97 Å². The molecule has 0 unspecified atom stereocenters. The lowest BCUT2D eigenvalue weighted by Gasteiger charge is -1.84. The molecule has 0 amide bonds. The maximum atomic E-state index is 10.6. The molecule has 0 radical (unpaired) electrons. The van der Waals surface area contributed by atoms with Crippen LogP contribution in [-0.4, -0.2) is 75.7 Å². The van der Waals surface area contributed by atoms with Crippen LogP contribution in [0.2, 0.25) is 0 Å². The first kappa shape index (κ1) is 123. The van der Waals surface area contributed by atoms with Gasteiger partial charge in [0.1, 0.15) is 0 Å². The molecule has 0 aliphatic carbocycles. The number of aromatic amines is 2. The lowest BCUT2D eigenvalue weighted by molar-refractivity contribution is 0.823. The fraction of sp³-hybridized carbons (Fsp3) is 0.200. The third-order valence-corrected chi connectivity index (χ3v) is 1.00. The maximum absolute atomic E-state index is 10.6. The topological polar surface area (TPSA) is 444 Å². The van der Waals surface area contributed by atoms with Crippen molar-refractivity contribution in [1.29, 1.82) is 0 Å². The molecule has 0 spiro atoms. The zero-order chi connectivity index (χ0) is 6.85. The molecular weight excluding hydrogens is 312 g/mol. The number of rotatable bonds is 0. The molecule has 1 aromatic heterocycles. The van der Waals surface area contributed by atoms with E-state index in [1.807, 2.05) is 0 Å². The van der Waals surface area contributed by atoms with Gasteiger partial charge in [-0.05, 0) is 6.92 Å². The normalized spacial score (nSPS) is 4.05. The fourth-order valence-corrected chi connectivity index (χ4v) is 0.477. The lowest BCUT2D eigenvalue weighted by Crippen LogP contribution is -2.22. The lowest BCUT2D eigenvalue weighted by atomic mass is 10.4. The molecular formula is C5H30N2O14. The molecule has 0 atom stereocenters. The minimum Gasteiger partial charge on any atom is -0.412 e. The summed E-state index contributed by atoms with van der Waals surface area (Å²) in [6.07, 6.45) is 1.38. The van der Waals surface area contributed by atoms with E-state index < -0.39 is 5.69 Å². The van der Waals surface area contributed by atoms with Crippen molar-refractivity contribution in [2.75, 3.05) is 0 Å². The van der Waals surface area contributed by atoms with Gasteiger partial charge in [0.05, 0.1) is 0 Å². The highest BCUT2D eigenvalue weighted by Crippen LogP contribution is 1.73. The molecule has 21 heavy (non-hydrogen) atoms. The summed E-state index contributed by atoms with van der Waals surface area (Å²) in [4.78, 5) is 25.3. The SMILES string of the molecule is Cc1c[nH]c(=O)[nH]c1=O.O.O.O.O.O.O.O.O.O.O.O.O. The van der Waals surface area contributed by atoms with Crippen LogP contribution in [0.4, 0.5) is 0 Å². The van der Waals surface area contributed by atoms with Crippen LogP contribution in [0.25, 0.3) is 0 Å². The summed E-state index contributed by atoms with van der Waals surface area (Å²) >= 11 is 0. The molecule has 1 heterocycles. The Morgan fingerprint density at radius 3 is 1.14 bits per heavy atom. The minimum atomic E-state index is -0.467. The summed E-state index contributed by atoms with van der Waals surface area (Å²) in [5, 5.41) is 0. The predicted molar refractivity (Wildman–Crippen MR) is 75.8 cm³/mol. The predicted octanol–water partition coefficient (Wildman–Crippen LogP) is -10.5. The zero-order valence-corrected chi connectivity index (χ0v) is 10.9. The van der Waals surface area contributed by atoms with Crippen LogP contribution in [0.5, 0.6) is 0 Å². The van der Waals surface area contributed by atoms with E-state index in [4.69, 9.17) is 0 Å². The summed E-state index contributed by atoms with van der Waals surface area (Å²) in [5.74, 6) is 0. The van der Waals surface area contributed by atoms with E-state index in [0.717, 1.165) is 0 Å². The number of nitrogens with one attached hydrogen (secondary N) is 2. The van der Waals surface area contributed by atoms with E-state index in [1.165, 1.54) is 6.20 Å². The van der Waals surface area contributed by atoms with E-state index >= 15 is 0 Å². The summed E-state index contributed by atoms with van der Waals surface area (Å²) in [5.41, 5.74) is -0.293. The van der Waals surface area contributed by atoms with Gasteiger partial charge in [0.15, 0.2) is 0 Å². The van der Waals surface area contributed by atoms with Gasteiger partial charge in [0, 0.05) is 11.8 Å². The van der Waals surface area contributed by atoms with E-state index in [1.54, 1.807) is 6.92 Å². The van der Waals surface area contributed by atoms with Crippen molar-refractivity contribution in [2.24, 2.45) is 0 Å². The monoisotopic (exact) mass is 342 g/mol. The highest BCUT2D eigenvalue weighted by atomic mass is 16.2. The molecule has 16 heteroatoms. The van der Waals surface area contributed by atoms with Crippen molar-refractivity contribution < 1.29 is 65.7 Å². The first-order valence-electron chi connectivity index (χ1n) is 2.49. The molecule has 0 saturated carbocycles. The number of hydrogen-bond acceptors (Lipinski definition) is 2. The average molecular weight is 342 g/mol. The molecule has 0 fully saturated rings. The van der Waals surface area contributed by atoms with Crippen molar-refractivity contribution in [3.05, 3.63) is 32.6 Å². The van der Waals surface area contributed by atoms with Crippen LogP contribution in [-0.2, 0) is 0 Å². The largest absolute Gasteiger partial charge is 0.412 e. The third-order valence-electron chi connectivity index (χ3n) is 1.00. The second-order valence-corrected chi connectivity index (χ2v) is 1.75. The third kappa shape index (κ3) is 38.1. The van der Waals surface area contributed by atoms with Crippen molar-refractivity contribution >= 4 is 0 Å². The van der Waals surface area contributed by atoms with Crippen LogP contribution in [0, 0.1) is 6.92 Å². The van der Waals surface area contributed by atoms with Gasteiger partial charge in [-0.15, -0.1) is 0 Å². The van der Waals surface area contributed by atoms with Gasteiger partial charge in [-0.2, -0.15) is 0 Å². The molecule has 0 aromatic carbocycles. The standard InChI is InChI=1S/C5H6N2O2.12H2O/c1-3-2-6-5(9)7-4(3)8;;;;;;;;;;;;/h2H,1H3,(H2,6,7,8,9);12*1H2. The minimum absolute atomic E-state index is 0. The van der Waals surface area contributed by atoms with Gasteiger partial charge in [-0.1, -0.05) is 0 Å². The van der Waals surface area contributed by atoms with E-state index in [0.29, 0.717) is 5.56 Å². The second kappa shape index (κ2) is 51.8. The summed E-state index contributed by atoms with van der Waals surface area (Å²) in [7, 11) is 0. The van der Waals surface area contributed by atoms with Crippen LogP contribution in [0.1, 0.15) is 5.56 Å². The summed E-state index contributed by atoms with van der Waals surface area (Å²) in [6, 6.07) is 0. The Balaban J connectivity index is -0.00000000675. The van der Waals surface area contributed by atoms with Gasteiger partial charge >= 0.3 is 5.69 Å². The van der Waals surface area contributed by atoms with Crippen LogP contribution in [0.15, 0.2) is 15.8 Å². The van der Waals surface area contributed by atoms with Gasteiger partial charge in [0.2, 0.25) is 0 Å². The second-order valence-electron chi connectivity index (χ2n) is 1.75. The molecule has 0 aliphatic heterocycles. The smallest absolute Gasteiger partial charge is 0.325 e. The van der Waals surface area contributed by atoms with Gasteiger partial charge < -0.3 is 70.7 Å². The van der Waals surface area contributed by atoms with Gasteiger partial charge in [0.25, 0.3) is 5.56 Å². The Morgan fingerprint density at radius 1 is 0.667 bits per heavy atom. The Hall–Kier alpha value is -1.80. The zero-order valence-electron chi connectivity index (χ0n) is 10.9. The summed E-state index contributed by atoms with van der Waals surface area (Å²) < 4.78 is 0. The van der Waals surface area contributed by atoms with E-state index in [9.17, 15) is 9.59 Å². The first-order chi connectivity index (χ1) is 4.20. The highest BCUT2D eigenvalue weighted by molar-refractivity contribution is 4.98. The molecule has 0 bridgehead atoms. The number of H-pyrrole nitrogens is 2. The van der Waals surface area contributed by atoms with Crippen LogP contribution < -0.4 is 11.2 Å². The molecule has 0 aliphatic rings. The molecule has 16 nitrogen and oxygen atoms in total. The average Bonchev–Trinajstić information content (AvgIpc) is 1.80. The van der Waals surface area contributed by atoms with Crippen molar-refractivity contribution in [1.82, 2.24) is 9.97 Å². The maximum Gasteiger partial charge on any atom is 0.325 e. The molecule has 1 aromatic rings.